The number of benzene rings is 1. The molecule has 7 heteroatoms. The number of thiophene rings is 1. The molecule has 1 aliphatic rings. The average Bonchev–Trinajstić information content (AvgIpc) is 3.21. The van der Waals surface area contributed by atoms with E-state index in [2.05, 4.69) is 32.7 Å². The van der Waals surface area contributed by atoms with Gasteiger partial charge in [0.15, 0.2) is 5.96 Å². The first-order valence-electron chi connectivity index (χ1n) is 9.38. The van der Waals surface area contributed by atoms with Crippen molar-refractivity contribution in [3.8, 4) is 5.75 Å². The van der Waals surface area contributed by atoms with Crippen molar-refractivity contribution in [1.29, 1.82) is 0 Å². The Bertz CT molecular complexity index is 700. The fourth-order valence-electron chi connectivity index (χ4n) is 2.88. The van der Waals surface area contributed by atoms with Gasteiger partial charge in [-0.3, -0.25) is 4.90 Å². The van der Waals surface area contributed by atoms with Gasteiger partial charge in [0, 0.05) is 36.6 Å². The van der Waals surface area contributed by atoms with Crippen molar-refractivity contribution >= 4 is 17.3 Å². The molecule has 1 aliphatic heterocycles. The van der Waals surface area contributed by atoms with Crippen LogP contribution in [0, 0.1) is 0 Å². The molecule has 1 fully saturated rings. The third-order valence-corrected chi connectivity index (χ3v) is 5.35. The summed E-state index contributed by atoms with van der Waals surface area (Å²) >= 11 is 1.76. The van der Waals surface area contributed by atoms with Gasteiger partial charge in [-0.2, -0.15) is 0 Å². The molecule has 2 heterocycles. The van der Waals surface area contributed by atoms with Crippen molar-refractivity contribution in [3.05, 3.63) is 52.2 Å². The first-order valence-corrected chi connectivity index (χ1v) is 10.3. The zero-order chi connectivity index (χ0) is 18.7. The summed E-state index contributed by atoms with van der Waals surface area (Å²) in [6.45, 7) is 6.43. The van der Waals surface area contributed by atoms with Crippen molar-refractivity contribution in [2.45, 2.75) is 13.0 Å². The minimum Gasteiger partial charge on any atom is -0.492 e. The van der Waals surface area contributed by atoms with E-state index in [0.29, 0.717) is 19.1 Å². The highest BCUT2D eigenvalue weighted by atomic mass is 32.1. The Kier molecular flexibility index (Phi) is 7.95. The number of aliphatic imine (C=N–C) groups is 1. The van der Waals surface area contributed by atoms with Gasteiger partial charge in [0.25, 0.3) is 0 Å². The molecule has 146 valence electrons. The minimum absolute atomic E-state index is 0.467. The fraction of sp³-hybridized carbons (Fsp3) is 0.450. The van der Waals surface area contributed by atoms with Crippen molar-refractivity contribution in [2.24, 2.45) is 10.7 Å². The summed E-state index contributed by atoms with van der Waals surface area (Å²) in [6.07, 6.45) is 0.953. The van der Waals surface area contributed by atoms with Gasteiger partial charge in [-0.15, -0.1) is 11.3 Å². The molecule has 3 N–H and O–H groups in total. The Morgan fingerprint density at radius 2 is 2.07 bits per heavy atom. The molecule has 3 rings (SSSR count). The van der Waals surface area contributed by atoms with Gasteiger partial charge in [0.2, 0.25) is 0 Å². The number of ether oxygens (including phenoxy) is 2. The molecule has 0 saturated carbocycles. The maximum Gasteiger partial charge on any atom is 0.188 e. The number of guanidine groups is 1. The molecule has 27 heavy (non-hydrogen) atoms. The van der Waals surface area contributed by atoms with Gasteiger partial charge in [-0.25, -0.2) is 4.99 Å². The zero-order valence-corrected chi connectivity index (χ0v) is 16.4. The van der Waals surface area contributed by atoms with E-state index < -0.39 is 0 Å². The van der Waals surface area contributed by atoms with E-state index in [-0.39, 0.29) is 0 Å². The topological polar surface area (TPSA) is 72.1 Å². The van der Waals surface area contributed by atoms with E-state index in [0.717, 1.165) is 57.1 Å². The molecule has 2 aromatic rings. The molecule has 1 aromatic carbocycles. The van der Waals surface area contributed by atoms with Crippen LogP contribution in [-0.2, 0) is 17.7 Å². The van der Waals surface area contributed by atoms with Crippen LogP contribution in [-0.4, -0.2) is 56.9 Å². The van der Waals surface area contributed by atoms with E-state index in [1.807, 2.05) is 24.3 Å². The molecule has 0 bridgehead atoms. The molecular weight excluding hydrogens is 360 g/mol. The Hall–Kier alpha value is -2.09. The van der Waals surface area contributed by atoms with Crippen molar-refractivity contribution < 1.29 is 9.47 Å². The number of hydrogen-bond acceptors (Lipinski definition) is 5. The lowest BCUT2D eigenvalue weighted by atomic mass is 10.2. The molecule has 0 radical (unpaired) electrons. The molecule has 6 nitrogen and oxygen atoms in total. The van der Waals surface area contributed by atoms with Gasteiger partial charge < -0.3 is 20.5 Å². The van der Waals surface area contributed by atoms with Gasteiger partial charge in [0.1, 0.15) is 12.4 Å². The fourth-order valence-corrected chi connectivity index (χ4v) is 3.59. The molecule has 0 aliphatic carbocycles. The molecule has 0 atom stereocenters. The molecule has 0 unspecified atom stereocenters. The number of para-hydroxylation sites is 1. The lowest BCUT2D eigenvalue weighted by molar-refractivity contribution is 0.0322. The van der Waals surface area contributed by atoms with Crippen molar-refractivity contribution in [2.75, 3.05) is 46.0 Å². The highest BCUT2D eigenvalue weighted by Gasteiger charge is 2.10. The lowest BCUT2D eigenvalue weighted by Gasteiger charge is -2.26. The van der Waals surface area contributed by atoms with Crippen LogP contribution < -0.4 is 15.8 Å². The predicted molar refractivity (Wildman–Crippen MR) is 111 cm³/mol. The first-order chi connectivity index (χ1) is 13.3. The van der Waals surface area contributed by atoms with Gasteiger partial charge in [-0.05, 0) is 23.9 Å². The highest BCUT2D eigenvalue weighted by Crippen LogP contribution is 2.19. The summed E-state index contributed by atoms with van der Waals surface area (Å²) in [5.41, 5.74) is 7.04. The van der Waals surface area contributed by atoms with Crippen molar-refractivity contribution in [1.82, 2.24) is 10.2 Å². The number of hydrogen-bond donors (Lipinski definition) is 2. The number of nitrogens with zero attached hydrogens (tertiary/aromatic N) is 2. The van der Waals surface area contributed by atoms with Gasteiger partial charge in [-0.1, -0.05) is 24.3 Å². The summed E-state index contributed by atoms with van der Waals surface area (Å²) in [7, 11) is 0. The van der Waals surface area contributed by atoms with Crippen LogP contribution in [0.25, 0.3) is 0 Å². The van der Waals surface area contributed by atoms with Gasteiger partial charge >= 0.3 is 0 Å². The zero-order valence-electron chi connectivity index (χ0n) is 15.6. The number of rotatable bonds is 9. The quantitative estimate of drug-likeness (QED) is 0.508. The maximum absolute atomic E-state index is 5.99. The molecule has 1 saturated heterocycles. The van der Waals surface area contributed by atoms with E-state index in [1.54, 1.807) is 11.3 Å². The van der Waals surface area contributed by atoms with Crippen LogP contribution in [0.2, 0.25) is 0 Å². The summed E-state index contributed by atoms with van der Waals surface area (Å²) in [4.78, 5) is 8.15. The largest absolute Gasteiger partial charge is 0.492 e. The van der Waals surface area contributed by atoms with E-state index in [1.165, 1.54) is 4.88 Å². The summed E-state index contributed by atoms with van der Waals surface area (Å²) in [6, 6.07) is 12.2. The normalized spacial score (nSPS) is 15.6. The Labute approximate surface area is 165 Å². The van der Waals surface area contributed by atoms with E-state index in [4.69, 9.17) is 15.2 Å². The minimum atomic E-state index is 0.467. The number of morpholine rings is 1. The van der Waals surface area contributed by atoms with Gasteiger partial charge in [0.05, 0.1) is 19.8 Å². The first kappa shape index (κ1) is 19.7. The van der Waals surface area contributed by atoms with Crippen LogP contribution in [0.15, 0.2) is 46.8 Å². The summed E-state index contributed by atoms with van der Waals surface area (Å²) < 4.78 is 11.4. The predicted octanol–water partition coefficient (Wildman–Crippen LogP) is 2.11. The average molecular weight is 389 g/mol. The Balaban J connectivity index is 1.43. The van der Waals surface area contributed by atoms with E-state index >= 15 is 0 Å². The van der Waals surface area contributed by atoms with Crippen LogP contribution in [0.3, 0.4) is 0 Å². The monoisotopic (exact) mass is 388 g/mol. The summed E-state index contributed by atoms with van der Waals surface area (Å²) in [5, 5.41) is 5.26. The van der Waals surface area contributed by atoms with Crippen LogP contribution in [0.1, 0.15) is 10.4 Å². The Morgan fingerprint density at radius 3 is 2.89 bits per heavy atom. The van der Waals surface area contributed by atoms with Crippen LogP contribution in [0.5, 0.6) is 5.75 Å². The van der Waals surface area contributed by atoms with Crippen LogP contribution in [0.4, 0.5) is 0 Å². The Morgan fingerprint density at radius 1 is 1.22 bits per heavy atom. The highest BCUT2D eigenvalue weighted by molar-refractivity contribution is 7.09. The van der Waals surface area contributed by atoms with Crippen LogP contribution >= 0.6 is 11.3 Å². The SMILES string of the molecule is NC(=NCc1ccccc1OCCN1CCOCC1)NCCc1cccs1. The molecule has 0 spiro atoms. The second kappa shape index (κ2) is 10.9. The molecular formula is C20H28N4O2S. The van der Waals surface area contributed by atoms with Crippen molar-refractivity contribution in [3.63, 3.8) is 0 Å². The summed E-state index contributed by atoms with van der Waals surface area (Å²) in [5.74, 6) is 1.34. The lowest BCUT2D eigenvalue weighted by Crippen LogP contribution is -2.38. The molecule has 0 amide bonds. The number of nitrogens with one attached hydrogen (secondary N) is 1. The maximum atomic E-state index is 5.99. The molecule has 1 aromatic heterocycles. The third-order valence-electron chi connectivity index (χ3n) is 4.42. The second-order valence-corrected chi connectivity index (χ2v) is 7.40. The third kappa shape index (κ3) is 6.86. The standard InChI is InChI=1S/C20H28N4O2S/c21-20(22-8-7-18-5-3-15-27-18)23-16-17-4-1-2-6-19(17)26-14-11-24-9-12-25-13-10-24/h1-6,15H,7-14,16H2,(H3,21,22,23). The van der Waals surface area contributed by atoms with E-state index in [9.17, 15) is 0 Å². The second-order valence-electron chi connectivity index (χ2n) is 6.37. The smallest absolute Gasteiger partial charge is 0.188 e. The number of nitrogens with two attached hydrogens (primary N) is 1.